The summed E-state index contributed by atoms with van der Waals surface area (Å²) in [6.45, 7) is 2.54. The smallest absolute Gasteiger partial charge is 0.324 e. The summed E-state index contributed by atoms with van der Waals surface area (Å²) in [5, 5.41) is 8.90. The predicted molar refractivity (Wildman–Crippen MR) is 59.9 cm³/mol. The molecule has 0 unspecified atom stereocenters. The van der Waals surface area contributed by atoms with Gasteiger partial charge >= 0.3 is 11.9 Å². The summed E-state index contributed by atoms with van der Waals surface area (Å²) in [6, 6.07) is 0. The number of hydrogen-bond acceptors (Lipinski definition) is 5. The second-order valence-electron chi connectivity index (χ2n) is 3.97. The topological polar surface area (TPSA) is 101 Å². The van der Waals surface area contributed by atoms with Gasteiger partial charge in [0.1, 0.15) is 5.54 Å². The quantitative estimate of drug-likeness (QED) is 0.661. The highest BCUT2D eigenvalue weighted by molar-refractivity contribution is 7.89. The maximum absolute atomic E-state index is 11.8. The van der Waals surface area contributed by atoms with Gasteiger partial charge in [-0.25, -0.2) is 8.42 Å². The first kappa shape index (κ1) is 15.9. The van der Waals surface area contributed by atoms with Crippen LogP contribution in [0.5, 0.6) is 0 Å². The fourth-order valence-electron chi connectivity index (χ4n) is 0.934. The number of sulfonamides is 1. The number of carbonyl (C=O) groups is 2. The molecule has 100 valence electrons. The van der Waals surface area contributed by atoms with Crippen LogP contribution in [0.3, 0.4) is 0 Å². The van der Waals surface area contributed by atoms with E-state index >= 15 is 0 Å². The minimum Gasteiger partial charge on any atom is -0.480 e. The van der Waals surface area contributed by atoms with Gasteiger partial charge < -0.3 is 9.84 Å². The lowest BCUT2D eigenvalue weighted by molar-refractivity contribution is -0.145. The number of nitrogens with zero attached hydrogens (tertiary/aromatic N) is 1. The highest BCUT2D eigenvalue weighted by atomic mass is 32.2. The molecule has 17 heavy (non-hydrogen) atoms. The van der Waals surface area contributed by atoms with Crippen LogP contribution in [-0.2, 0) is 24.3 Å². The van der Waals surface area contributed by atoms with Crippen molar-refractivity contribution in [3.63, 3.8) is 0 Å². The third-order valence-electron chi connectivity index (χ3n) is 2.52. The molecule has 0 aliphatic rings. The van der Waals surface area contributed by atoms with Crippen molar-refractivity contribution in [2.45, 2.75) is 25.8 Å². The first-order valence-corrected chi connectivity index (χ1v) is 6.43. The van der Waals surface area contributed by atoms with E-state index in [4.69, 9.17) is 5.11 Å². The lowest BCUT2D eigenvalue weighted by atomic mass is 10.1. The summed E-state index contributed by atoms with van der Waals surface area (Å²) >= 11 is 0. The lowest BCUT2D eigenvalue weighted by Crippen LogP contribution is -2.51. The van der Waals surface area contributed by atoms with Crippen molar-refractivity contribution in [3.8, 4) is 0 Å². The van der Waals surface area contributed by atoms with Crippen molar-refractivity contribution < 1.29 is 27.9 Å². The summed E-state index contributed by atoms with van der Waals surface area (Å²) in [5.74, 6) is -2.40. The molecule has 8 heteroatoms. The molecule has 7 nitrogen and oxygen atoms in total. The van der Waals surface area contributed by atoms with Crippen LogP contribution in [0.1, 0.15) is 20.3 Å². The number of hydrogen-bond donors (Lipinski definition) is 1. The molecule has 0 radical (unpaired) electrons. The van der Waals surface area contributed by atoms with Gasteiger partial charge in [0.15, 0.2) is 0 Å². The van der Waals surface area contributed by atoms with Gasteiger partial charge in [0.2, 0.25) is 10.0 Å². The Morgan fingerprint density at radius 2 is 1.82 bits per heavy atom. The fraction of sp³-hybridized carbons (Fsp3) is 0.778. The van der Waals surface area contributed by atoms with Crippen LogP contribution in [0.4, 0.5) is 0 Å². The number of carbonyl (C=O) groups excluding carboxylic acids is 1. The van der Waals surface area contributed by atoms with Crippen molar-refractivity contribution in [2.24, 2.45) is 0 Å². The van der Waals surface area contributed by atoms with Gasteiger partial charge in [-0.3, -0.25) is 9.59 Å². The SMILES string of the molecule is COC(=O)CCS(=O)(=O)N(C)C(C)(C)C(=O)O. The summed E-state index contributed by atoms with van der Waals surface area (Å²) in [5.41, 5.74) is -1.56. The molecule has 0 aliphatic carbocycles. The average Bonchev–Trinajstić information content (AvgIpc) is 2.24. The van der Waals surface area contributed by atoms with Gasteiger partial charge in [0.25, 0.3) is 0 Å². The molecule has 0 atom stereocenters. The van der Waals surface area contributed by atoms with Crippen molar-refractivity contribution >= 4 is 22.0 Å². The van der Waals surface area contributed by atoms with Gasteiger partial charge in [0.05, 0.1) is 19.3 Å². The number of carboxylic acid groups (broad SMARTS) is 1. The molecule has 0 spiro atoms. The van der Waals surface area contributed by atoms with Crippen molar-refractivity contribution in [1.29, 1.82) is 0 Å². The number of methoxy groups -OCH3 is 1. The summed E-state index contributed by atoms with van der Waals surface area (Å²) < 4.78 is 28.6. The highest BCUT2D eigenvalue weighted by Gasteiger charge is 2.39. The van der Waals surface area contributed by atoms with Gasteiger partial charge in [-0.05, 0) is 13.8 Å². The fourth-order valence-corrected chi connectivity index (χ4v) is 2.41. The average molecular weight is 267 g/mol. The molecule has 0 rings (SSSR count). The summed E-state index contributed by atoms with van der Waals surface area (Å²) in [6.07, 6.45) is -0.307. The van der Waals surface area contributed by atoms with Crippen molar-refractivity contribution in [1.82, 2.24) is 4.31 Å². The Labute approximate surface area is 100 Å². The molecule has 0 saturated heterocycles. The number of likely N-dealkylation sites (N-methyl/N-ethyl adjacent to an activating group) is 1. The first-order valence-electron chi connectivity index (χ1n) is 4.82. The van der Waals surface area contributed by atoms with Crippen LogP contribution in [-0.4, -0.2) is 55.2 Å². The Morgan fingerprint density at radius 3 is 2.18 bits per heavy atom. The zero-order valence-corrected chi connectivity index (χ0v) is 11.1. The molecule has 0 aliphatic heterocycles. The Hall–Kier alpha value is -1.15. The maximum atomic E-state index is 11.8. The maximum Gasteiger partial charge on any atom is 0.324 e. The van der Waals surface area contributed by atoms with Crippen LogP contribution < -0.4 is 0 Å². The molecule has 0 heterocycles. The summed E-state index contributed by atoms with van der Waals surface area (Å²) in [4.78, 5) is 21.7. The molecule has 0 amide bonds. The molecular formula is C9H17NO6S. The second-order valence-corrected chi connectivity index (χ2v) is 6.09. The summed E-state index contributed by atoms with van der Waals surface area (Å²) in [7, 11) is -1.50. The molecule has 0 saturated carbocycles. The van der Waals surface area contributed by atoms with Gasteiger partial charge in [-0.2, -0.15) is 4.31 Å². The van der Waals surface area contributed by atoms with E-state index in [1.54, 1.807) is 0 Å². The van der Waals surface area contributed by atoms with Gasteiger partial charge in [-0.15, -0.1) is 0 Å². The van der Waals surface area contributed by atoms with Crippen LogP contribution in [0, 0.1) is 0 Å². The van der Waals surface area contributed by atoms with E-state index in [9.17, 15) is 18.0 Å². The highest BCUT2D eigenvalue weighted by Crippen LogP contribution is 2.17. The molecule has 1 N–H and O–H groups in total. The van der Waals surface area contributed by atoms with Crippen LogP contribution >= 0.6 is 0 Å². The second kappa shape index (κ2) is 5.46. The third-order valence-corrected chi connectivity index (χ3v) is 4.53. The molecule has 0 aromatic carbocycles. The normalized spacial score (nSPS) is 12.5. The number of rotatable bonds is 6. The van der Waals surface area contributed by atoms with Gasteiger partial charge in [-0.1, -0.05) is 0 Å². The Balaban J connectivity index is 4.84. The minimum atomic E-state index is -3.82. The zero-order chi connectivity index (χ0) is 13.9. The Kier molecular flexibility index (Phi) is 5.09. The monoisotopic (exact) mass is 267 g/mol. The zero-order valence-electron chi connectivity index (χ0n) is 10.3. The third kappa shape index (κ3) is 3.97. The van der Waals surface area contributed by atoms with Crippen LogP contribution in [0.2, 0.25) is 0 Å². The van der Waals surface area contributed by atoms with E-state index in [0.717, 1.165) is 11.4 Å². The molecular weight excluding hydrogens is 250 g/mol. The number of aliphatic carboxylic acids is 1. The molecule has 0 aromatic rings. The van der Waals surface area contributed by atoms with Gasteiger partial charge in [0, 0.05) is 7.05 Å². The minimum absolute atomic E-state index is 0.307. The first-order chi connectivity index (χ1) is 7.55. The van der Waals surface area contributed by atoms with E-state index in [1.807, 2.05) is 0 Å². The van der Waals surface area contributed by atoms with E-state index in [2.05, 4.69) is 4.74 Å². The van der Waals surface area contributed by atoms with E-state index in [-0.39, 0.29) is 6.42 Å². The number of carboxylic acids is 1. The van der Waals surface area contributed by atoms with Crippen molar-refractivity contribution in [3.05, 3.63) is 0 Å². The molecule has 0 fully saturated rings. The van der Waals surface area contributed by atoms with E-state index < -0.39 is 33.3 Å². The van der Waals surface area contributed by atoms with E-state index in [0.29, 0.717) is 0 Å². The lowest BCUT2D eigenvalue weighted by Gasteiger charge is -2.30. The number of esters is 1. The van der Waals surface area contributed by atoms with Crippen molar-refractivity contribution in [2.75, 3.05) is 19.9 Å². The Morgan fingerprint density at radius 1 is 1.35 bits per heavy atom. The largest absolute Gasteiger partial charge is 0.480 e. The molecule has 0 aromatic heterocycles. The van der Waals surface area contributed by atoms with Crippen LogP contribution in [0.15, 0.2) is 0 Å². The standard InChI is InChI=1S/C9H17NO6S/c1-9(2,8(12)13)10(3)17(14,15)6-5-7(11)16-4/h5-6H2,1-4H3,(H,12,13). The van der Waals surface area contributed by atoms with Crippen LogP contribution in [0.25, 0.3) is 0 Å². The molecule has 0 bridgehead atoms. The number of ether oxygens (including phenoxy) is 1. The Bertz CT molecular complexity index is 400. The predicted octanol–water partition coefficient (Wildman–Crippen LogP) is -0.326. The van der Waals surface area contributed by atoms with E-state index in [1.165, 1.54) is 20.9 Å².